The molecule has 1 aromatic rings. The number of hydrogen-bond acceptors (Lipinski definition) is 2. The molecule has 17 heavy (non-hydrogen) atoms. The Balaban J connectivity index is 2.42. The summed E-state index contributed by atoms with van der Waals surface area (Å²) in [5.41, 5.74) is -0.532. The largest absolute Gasteiger partial charge is 0.447 e. The third-order valence-electron chi connectivity index (χ3n) is 2.33. The molecule has 0 bridgehead atoms. The average Bonchev–Trinajstić information content (AvgIpc) is 2.63. The van der Waals surface area contributed by atoms with Crippen LogP contribution in [-0.2, 0) is 10.9 Å². The van der Waals surface area contributed by atoms with Gasteiger partial charge in [-0.25, -0.2) is 4.79 Å². The Hall–Kier alpha value is -0.990. The van der Waals surface area contributed by atoms with Crippen LogP contribution in [0.2, 0.25) is 0 Å². The van der Waals surface area contributed by atoms with Crippen molar-refractivity contribution in [2.24, 2.45) is 0 Å². The van der Waals surface area contributed by atoms with Crippen LogP contribution in [0.5, 0.6) is 0 Å². The minimum absolute atomic E-state index is 0.200. The summed E-state index contributed by atoms with van der Waals surface area (Å²) >= 11 is 1.89. The van der Waals surface area contributed by atoms with Crippen molar-refractivity contribution in [1.29, 1.82) is 0 Å². The number of anilines is 1. The first kappa shape index (κ1) is 12.5. The number of alkyl halides is 3. The lowest BCUT2D eigenvalue weighted by atomic mass is 10.2. The van der Waals surface area contributed by atoms with Gasteiger partial charge in [-0.05, 0) is 40.8 Å². The number of nitrogens with zero attached hydrogens (tertiary/aromatic N) is 1. The lowest BCUT2D eigenvalue weighted by Gasteiger charge is -2.16. The number of amides is 1. The maximum atomic E-state index is 12.5. The molecule has 1 aliphatic rings. The summed E-state index contributed by atoms with van der Waals surface area (Å²) in [6, 6.07) is 3.30. The summed E-state index contributed by atoms with van der Waals surface area (Å²) < 4.78 is 42.9. The number of hydrogen-bond donors (Lipinski definition) is 0. The van der Waals surface area contributed by atoms with Crippen LogP contribution in [0.3, 0.4) is 0 Å². The number of rotatable bonds is 1. The van der Waals surface area contributed by atoms with E-state index in [9.17, 15) is 18.0 Å². The van der Waals surface area contributed by atoms with Gasteiger partial charge in [-0.1, -0.05) is 0 Å². The number of halogens is 4. The van der Waals surface area contributed by atoms with Crippen molar-refractivity contribution in [3.05, 3.63) is 27.3 Å². The highest BCUT2D eigenvalue weighted by atomic mass is 127. The first-order valence-electron chi connectivity index (χ1n) is 4.70. The predicted octanol–water partition coefficient (Wildman–Crippen LogP) is 3.27. The lowest BCUT2D eigenvalue weighted by Crippen LogP contribution is -2.24. The first-order valence-corrected chi connectivity index (χ1v) is 5.78. The molecule has 0 aliphatic carbocycles. The topological polar surface area (TPSA) is 29.5 Å². The minimum atomic E-state index is -4.41. The number of cyclic esters (lactones) is 1. The van der Waals surface area contributed by atoms with E-state index in [1.807, 2.05) is 22.6 Å². The van der Waals surface area contributed by atoms with Crippen LogP contribution in [0.1, 0.15) is 5.56 Å². The molecule has 1 aliphatic heterocycles. The Morgan fingerprint density at radius 3 is 2.59 bits per heavy atom. The van der Waals surface area contributed by atoms with Crippen molar-refractivity contribution in [2.45, 2.75) is 6.18 Å². The van der Waals surface area contributed by atoms with Crippen molar-refractivity contribution < 1.29 is 22.7 Å². The molecule has 0 N–H and O–H groups in total. The van der Waals surface area contributed by atoms with Crippen molar-refractivity contribution in [3.8, 4) is 0 Å². The van der Waals surface area contributed by atoms with E-state index in [1.54, 1.807) is 0 Å². The number of benzene rings is 1. The summed E-state index contributed by atoms with van der Waals surface area (Å²) in [4.78, 5) is 12.5. The maximum absolute atomic E-state index is 12.5. The molecule has 0 saturated carbocycles. The second-order valence-corrected chi connectivity index (χ2v) is 4.59. The van der Waals surface area contributed by atoms with Gasteiger partial charge in [-0.2, -0.15) is 13.2 Å². The highest BCUT2D eigenvalue weighted by Crippen LogP contribution is 2.34. The summed E-state index contributed by atoms with van der Waals surface area (Å²) in [5, 5.41) is 0. The molecule has 2 rings (SSSR count). The fourth-order valence-corrected chi connectivity index (χ4v) is 2.13. The van der Waals surface area contributed by atoms with Crippen LogP contribution in [-0.4, -0.2) is 19.2 Å². The molecule has 1 fully saturated rings. The zero-order chi connectivity index (χ0) is 12.6. The summed E-state index contributed by atoms with van der Waals surface area (Å²) in [5.74, 6) is 0. The smallest absolute Gasteiger partial charge is 0.416 e. The van der Waals surface area contributed by atoms with Crippen molar-refractivity contribution in [3.63, 3.8) is 0 Å². The van der Waals surface area contributed by atoms with E-state index in [4.69, 9.17) is 4.74 Å². The van der Waals surface area contributed by atoms with E-state index in [0.717, 1.165) is 12.1 Å². The molecule has 1 amide bonds. The van der Waals surface area contributed by atoms with Crippen LogP contribution in [0.15, 0.2) is 18.2 Å². The standard InChI is InChI=1S/C10H7F3INO2/c11-10(12,13)6-1-2-7(14)8(5-6)15-3-4-17-9(15)16/h1-2,5H,3-4H2. The third kappa shape index (κ3) is 2.48. The van der Waals surface area contributed by atoms with Crippen molar-refractivity contribution in [2.75, 3.05) is 18.1 Å². The highest BCUT2D eigenvalue weighted by molar-refractivity contribution is 14.1. The molecular formula is C10H7F3INO2. The lowest BCUT2D eigenvalue weighted by molar-refractivity contribution is -0.137. The zero-order valence-corrected chi connectivity index (χ0v) is 10.6. The summed E-state index contributed by atoms with van der Waals surface area (Å²) in [7, 11) is 0. The molecule has 0 aromatic heterocycles. The maximum Gasteiger partial charge on any atom is 0.416 e. The molecule has 0 spiro atoms. The van der Waals surface area contributed by atoms with Crippen LogP contribution in [0.25, 0.3) is 0 Å². The van der Waals surface area contributed by atoms with Gasteiger partial charge in [0.25, 0.3) is 0 Å². The normalized spacial score (nSPS) is 16.2. The Bertz CT molecular complexity index is 461. The Kier molecular flexibility index (Phi) is 3.19. The summed E-state index contributed by atoms with van der Waals surface area (Å²) in [6.07, 6.45) is -5.02. The zero-order valence-electron chi connectivity index (χ0n) is 8.42. The molecule has 0 unspecified atom stereocenters. The molecule has 3 nitrogen and oxygen atoms in total. The van der Waals surface area contributed by atoms with Crippen LogP contribution in [0, 0.1) is 3.57 Å². The first-order chi connectivity index (χ1) is 7.89. The van der Waals surface area contributed by atoms with Gasteiger partial charge in [-0.3, -0.25) is 4.90 Å². The van der Waals surface area contributed by atoms with E-state index < -0.39 is 17.8 Å². The molecule has 1 heterocycles. The van der Waals surface area contributed by atoms with E-state index in [2.05, 4.69) is 0 Å². The highest BCUT2D eigenvalue weighted by Gasteiger charge is 2.33. The third-order valence-corrected chi connectivity index (χ3v) is 3.24. The quantitative estimate of drug-likeness (QED) is 0.723. The number of ether oxygens (including phenoxy) is 1. The number of carbonyl (C=O) groups excluding carboxylic acids is 1. The van der Waals surface area contributed by atoms with Crippen LogP contribution in [0.4, 0.5) is 23.7 Å². The van der Waals surface area contributed by atoms with Gasteiger partial charge in [0.15, 0.2) is 0 Å². The predicted molar refractivity (Wildman–Crippen MR) is 62.9 cm³/mol. The molecule has 1 aromatic carbocycles. The Morgan fingerprint density at radius 2 is 2.06 bits per heavy atom. The number of carbonyl (C=O) groups is 1. The Morgan fingerprint density at radius 1 is 1.35 bits per heavy atom. The van der Waals surface area contributed by atoms with Gasteiger partial charge >= 0.3 is 12.3 Å². The van der Waals surface area contributed by atoms with Gasteiger partial charge in [0.05, 0.1) is 17.8 Å². The van der Waals surface area contributed by atoms with Gasteiger partial charge in [0, 0.05) is 3.57 Å². The molecule has 1 saturated heterocycles. The van der Waals surface area contributed by atoms with E-state index in [-0.39, 0.29) is 18.8 Å². The monoisotopic (exact) mass is 357 g/mol. The molecule has 92 valence electrons. The average molecular weight is 357 g/mol. The van der Waals surface area contributed by atoms with E-state index in [1.165, 1.54) is 11.0 Å². The summed E-state index contributed by atoms with van der Waals surface area (Å²) in [6.45, 7) is 0.474. The SMILES string of the molecule is O=C1OCCN1c1cc(C(F)(F)F)ccc1I. The molecule has 7 heteroatoms. The van der Waals surface area contributed by atoms with Gasteiger partial charge in [0.2, 0.25) is 0 Å². The van der Waals surface area contributed by atoms with Gasteiger partial charge < -0.3 is 4.74 Å². The molecular weight excluding hydrogens is 350 g/mol. The second-order valence-electron chi connectivity index (χ2n) is 3.43. The minimum Gasteiger partial charge on any atom is -0.447 e. The van der Waals surface area contributed by atoms with Crippen molar-refractivity contribution in [1.82, 2.24) is 0 Å². The van der Waals surface area contributed by atoms with Gasteiger partial charge in [-0.15, -0.1) is 0 Å². The van der Waals surface area contributed by atoms with Crippen LogP contribution < -0.4 is 4.90 Å². The fraction of sp³-hybridized carbons (Fsp3) is 0.300. The van der Waals surface area contributed by atoms with Crippen molar-refractivity contribution >= 4 is 34.4 Å². The fourth-order valence-electron chi connectivity index (χ4n) is 1.51. The van der Waals surface area contributed by atoms with E-state index in [0.29, 0.717) is 3.57 Å². The second kappa shape index (κ2) is 4.35. The van der Waals surface area contributed by atoms with E-state index >= 15 is 0 Å². The van der Waals surface area contributed by atoms with Gasteiger partial charge in [0.1, 0.15) is 6.61 Å². The van der Waals surface area contributed by atoms with Crippen LogP contribution >= 0.6 is 22.6 Å². The molecule has 0 radical (unpaired) electrons. The molecule has 0 atom stereocenters. The Labute approximate surface area is 109 Å².